The number of anilines is 1. The monoisotopic (exact) mass is 352 g/mol. The number of hydrogen-bond donors (Lipinski definition) is 1. The van der Waals surface area contributed by atoms with E-state index in [4.69, 9.17) is 4.74 Å². The lowest BCUT2D eigenvalue weighted by Crippen LogP contribution is -2.53. The van der Waals surface area contributed by atoms with Crippen LogP contribution in [-0.2, 0) is 6.61 Å². The van der Waals surface area contributed by atoms with Crippen molar-refractivity contribution in [2.24, 2.45) is 0 Å². The zero-order chi connectivity index (χ0) is 17.8. The first kappa shape index (κ1) is 16.8. The van der Waals surface area contributed by atoms with Crippen LogP contribution in [0.5, 0.6) is 5.75 Å². The Bertz CT molecular complexity index is 752. The normalized spacial score (nSPS) is 19.8. The highest BCUT2D eigenvalue weighted by Gasteiger charge is 2.32. The average molecular weight is 352 g/mol. The zero-order valence-electron chi connectivity index (χ0n) is 14.8. The molecule has 2 amide bonds. The fourth-order valence-corrected chi connectivity index (χ4v) is 3.70. The summed E-state index contributed by atoms with van der Waals surface area (Å²) in [6.07, 6.45) is 4.17. The molecule has 2 aliphatic heterocycles. The summed E-state index contributed by atoms with van der Waals surface area (Å²) in [5.41, 5.74) is 1.55. The van der Waals surface area contributed by atoms with Crippen LogP contribution < -0.4 is 10.1 Å². The smallest absolute Gasteiger partial charge is 0.322 e. The molecule has 2 aliphatic rings. The molecule has 4 rings (SSSR count). The Morgan fingerprint density at radius 1 is 1.15 bits per heavy atom. The van der Waals surface area contributed by atoms with E-state index in [0.717, 1.165) is 25.3 Å². The molecule has 0 unspecified atom stereocenters. The van der Waals surface area contributed by atoms with Gasteiger partial charge in [0, 0.05) is 31.9 Å². The number of hydrogen-bond acceptors (Lipinski definition) is 4. The lowest BCUT2D eigenvalue weighted by atomic mass is 10.1. The lowest BCUT2D eigenvalue weighted by Gasteiger charge is -2.37. The molecule has 6 heteroatoms. The van der Waals surface area contributed by atoms with Crippen molar-refractivity contribution in [3.8, 4) is 5.75 Å². The highest BCUT2D eigenvalue weighted by molar-refractivity contribution is 5.91. The number of carbonyl (C=O) groups excluding carboxylic acids is 1. The molecule has 26 heavy (non-hydrogen) atoms. The second-order valence-corrected chi connectivity index (χ2v) is 6.81. The molecule has 0 aliphatic carbocycles. The van der Waals surface area contributed by atoms with E-state index in [-0.39, 0.29) is 6.03 Å². The van der Waals surface area contributed by atoms with Crippen LogP contribution in [0.3, 0.4) is 0 Å². The molecule has 2 saturated heterocycles. The van der Waals surface area contributed by atoms with Crippen molar-refractivity contribution < 1.29 is 9.53 Å². The molecule has 2 aromatic rings. The molecule has 1 N–H and O–H groups in total. The summed E-state index contributed by atoms with van der Waals surface area (Å²) in [5, 5.41) is 3.02. The van der Waals surface area contributed by atoms with E-state index in [1.54, 1.807) is 6.20 Å². The number of pyridine rings is 1. The second kappa shape index (κ2) is 7.74. The number of nitrogens with one attached hydrogen (secondary N) is 1. The largest absolute Gasteiger partial charge is 0.485 e. The molecule has 136 valence electrons. The number of piperazine rings is 1. The van der Waals surface area contributed by atoms with E-state index in [2.05, 4.69) is 15.2 Å². The average Bonchev–Trinajstić information content (AvgIpc) is 3.16. The Morgan fingerprint density at radius 3 is 2.92 bits per heavy atom. The van der Waals surface area contributed by atoms with E-state index in [0.29, 0.717) is 24.1 Å². The highest BCUT2D eigenvalue weighted by atomic mass is 16.5. The minimum atomic E-state index is -0.0505. The maximum atomic E-state index is 12.7. The van der Waals surface area contributed by atoms with Crippen LogP contribution in [0, 0.1) is 0 Å². The van der Waals surface area contributed by atoms with Gasteiger partial charge in [0.05, 0.1) is 11.4 Å². The van der Waals surface area contributed by atoms with Crippen LogP contribution in [0.4, 0.5) is 10.5 Å². The molecule has 0 saturated carbocycles. The van der Waals surface area contributed by atoms with E-state index in [1.807, 2.05) is 47.4 Å². The van der Waals surface area contributed by atoms with Gasteiger partial charge in [0.2, 0.25) is 0 Å². The van der Waals surface area contributed by atoms with Gasteiger partial charge >= 0.3 is 6.03 Å². The Morgan fingerprint density at radius 2 is 2.04 bits per heavy atom. The summed E-state index contributed by atoms with van der Waals surface area (Å²) >= 11 is 0. The lowest BCUT2D eigenvalue weighted by molar-refractivity contribution is 0.124. The maximum Gasteiger partial charge on any atom is 0.322 e. The molecule has 1 aromatic carbocycles. The van der Waals surface area contributed by atoms with Crippen LogP contribution in [0.2, 0.25) is 0 Å². The molecule has 0 radical (unpaired) electrons. The number of nitrogens with zero attached hydrogens (tertiary/aromatic N) is 3. The first-order valence-corrected chi connectivity index (χ1v) is 9.21. The van der Waals surface area contributed by atoms with E-state index in [9.17, 15) is 4.79 Å². The van der Waals surface area contributed by atoms with Crippen molar-refractivity contribution in [1.29, 1.82) is 0 Å². The van der Waals surface area contributed by atoms with Crippen LogP contribution >= 0.6 is 0 Å². The molecular formula is C20H24N4O2. The van der Waals surface area contributed by atoms with Gasteiger partial charge in [0.25, 0.3) is 0 Å². The van der Waals surface area contributed by atoms with Gasteiger partial charge in [-0.15, -0.1) is 0 Å². The summed E-state index contributed by atoms with van der Waals surface area (Å²) in [6, 6.07) is 13.7. The molecule has 0 bridgehead atoms. The predicted octanol–water partition coefficient (Wildman–Crippen LogP) is 2.97. The van der Waals surface area contributed by atoms with Crippen molar-refractivity contribution in [2.45, 2.75) is 25.5 Å². The summed E-state index contributed by atoms with van der Waals surface area (Å²) in [6.45, 7) is 4.09. The zero-order valence-corrected chi connectivity index (χ0v) is 14.8. The van der Waals surface area contributed by atoms with Crippen molar-refractivity contribution in [3.63, 3.8) is 0 Å². The van der Waals surface area contributed by atoms with Crippen molar-refractivity contribution in [2.75, 3.05) is 31.5 Å². The van der Waals surface area contributed by atoms with E-state index in [1.165, 1.54) is 19.4 Å². The molecular weight excluding hydrogens is 328 g/mol. The summed E-state index contributed by atoms with van der Waals surface area (Å²) in [7, 11) is 0. The van der Waals surface area contributed by atoms with Crippen LogP contribution in [0.25, 0.3) is 0 Å². The number of amides is 2. The molecule has 0 spiro atoms. The summed E-state index contributed by atoms with van der Waals surface area (Å²) in [4.78, 5) is 21.4. The van der Waals surface area contributed by atoms with Crippen LogP contribution in [0.15, 0.2) is 48.7 Å². The topological polar surface area (TPSA) is 57.7 Å². The number of fused-ring (bicyclic) bond motifs is 1. The van der Waals surface area contributed by atoms with Crippen LogP contribution in [0.1, 0.15) is 18.5 Å². The third-order valence-corrected chi connectivity index (χ3v) is 5.10. The molecule has 3 heterocycles. The quantitative estimate of drug-likeness (QED) is 0.919. The van der Waals surface area contributed by atoms with Gasteiger partial charge in [-0.05, 0) is 43.7 Å². The minimum Gasteiger partial charge on any atom is -0.485 e. The van der Waals surface area contributed by atoms with E-state index < -0.39 is 0 Å². The third kappa shape index (κ3) is 3.80. The number of para-hydroxylation sites is 2. The minimum absolute atomic E-state index is 0.0505. The standard InChI is InChI=1S/C20H24N4O2/c25-20(24-13-12-23-11-5-7-17(23)14-24)22-18-8-1-2-9-19(18)26-15-16-6-3-4-10-21-16/h1-4,6,8-10,17H,5,7,11-15H2,(H,22,25)/t17-/m1/s1. The number of benzene rings is 1. The van der Waals surface area contributed by atoms with Gasteiger partial charge in [-0.3, -0.25) is 9.88 Å². The maximum absolute atomic E-state index is 12.7. The van der Waals surface area contributed by atoms with Gasteiger partial charge in [-0.25, -0.2) is 4.79 Å². The van der Waals surface area contributed by atoms with Gasteiger partial charge < -0.3 is 15.0 Å². The summed E-state index contributed by atoms with van der Waals surface area (Å²) < 4.78 is 5.88. The van der Waals surface area contributed by atoms with Gasteiger partial charge in [0.15, 0.2) is 0 Å². The Kier molecular flexibility index (Phi) is 5.02. The number of carbonyl (C=O) groups is 1. The first-order valence-electron chi connectivity index (χ1n) is 9.21. The fourth-order valence-electron chi connectivity index (χ4n) is 3.70. The molecule has 1 atom stereocenters. The van der Waals surface area contributed by atoms with E-state index >= 15 is 0 Å². The summed E-state index contributed by atoms with van der Waals surface area (Å²) in [5.74, 6) is 0.658. The predicted molar refractivity (Wildman–Crippen MR) is 100 cm³/mol. The van der Waals surface area contributed by atoms with Crippen molar-refractivity contribution in [3.05, 3.63) is 54.4 Å². The first-order chi connectivity index (χ1) is 12.8. The molecule has 1 aromatic heterocycles. The van der Waals surface area contributed by atoms with Gasteiger partial charge in [0.1, 0.15) is 12.4 Å². The Labute approximate surface area is 153 Å². The molecule has 2 fully saturated rings. The third-order valence-electron chi connectivity index (χ3n) is 5.10. The van der Waals surface area contributed by atoms with Gasteiger partial charge in [-0.1, -0.05) is 18.2 Å². The molecule has 6 nitrogen and oxygen atoms in total. The number of urea groups is 1. The second-order valence-electron chi connectivity index (χ2n) is 6.81. The van der Waals surface area contributed by atoms with Crippen molar-refractivity contribution >= 4 is 11.7 Å². The Hall–Kier alpha value is -2.60. The number of aromatic nitrogens is 1. The van der Waals surface area contributed by atoms with Crippen molar-refractivity contribution in [1.82, 2.24) is 14.8 Å². The Balaban J connectivity index is 1.39. The highest BCUT2D eigenvalue weighted by Crippen LogP contribution is 2.26. The van der Waals surface area contributed by atoms with Gasteiger partial charge in [-0.2, -0.15) is 0 Å². The SMILES string of the molecule is O=C(Nc1ccccc1OCc1ccccn1)N1CCN2CCC[C@@H]2C1. The number of rotatable bonds is 4. The fraction of sp³-hybridized carbons (Fsp3) is 0.400. The number of ether oxygens (including phenoxy) is 1. The van der Waals surface area contributed by atoms with Crippen LogP contribution in [-0.4, -0.2) is 53.0 Å².